The second-order valence-electron chi connectivity index (χ2n) is 4.58. The molecule has 0 aliphatic carbocycles. The molecule has 0 aromatic heterocycles. The molecule has 0 radical (unpaired) electrons. The van der Waals surface area contributed by atoms with Crippen molar-refractivity contribution in [2.24, 2.45) is 5.10 Å². The highest BCUT2D eigenvalue weighted by Crippen LogP contribution is 2.14. The molecule has 0 bridgehead atoms. The Labute approximate surface area is 136 Å². The van der Waals surface area contributed by atoms with E-state index in [0.717, 1.165) is 23.4 Å². The van der Waals surface area contributed by atoms with Crippen LogP contribution in [0.3, 0.4) is 0 Å². The third kappa shape index (κ3) is 5.54. The van der Waals surface area contributed by atoms with Crippen LogP contribution in [0.2, 0.25) is 0 Å². The first-order valence-corrected chi connectivity index (χ1v) is 7.52. The molecule has 0 aliphatic rings. The van der Waals surface area contributed by atoms with Gasteiger partial charge in [-0.05, 0) is 42.4 Å². The molecule has 2 rings (SSSR count). The summed E-state index contributed by atoms with van der Waals surface area (Å²) in [6, 6.07) is 17.8. The largest absolute Gasteiger partial charge is 0.489 e. The molecule has 0 spiro atoms. The maximum Gasteiger partial charge on any atom is 0.186 e. The molecule has 114 valence electrons. The molecule has 2 aromatic rings. The fourth-order valence-electron chi connectivity index (χ4n) is 1.79. The first kappa shape index (κ1) is 16.0. The molecule has 0 atom stereocenters. The van der Waals surface area contributed by atoms with Gasteiger partial charge < -0.3 is 10.1 Å². The normalized spacial score (nSPS) is 10.4. The monoisotopic (exact) mass is 313 g/mol. The lowest BCUT2D eigenvalue weighted by Crippen LogP contribution is -2.31. The van der Waals surface area contributed by atoms with Gasteiger partial charge in [0.2, 0.25) is 0 Å². The van der Waals surface area contributed by atoms with Crippen molar-refractivity contribution in [3.05, 3.63) is 65.7 Å². The van der Waals surface area contributed by atoms with E-state index in [1.807, 2.05) is 61.5 Å². The number of nitrogens with one attached hydrogen (secondary N) is 2. The van der Waals surface area contributed by atoms with Gasteiger partial charge in [-0.15, -0.1) is 0 Å². The van der Waals surface area contributed by atoms with E-state index >= 15 is 0 Å². The van der Waals surface area contributed by atoms with Crippen molar-refractivity contribution in [1.82, 2.24) is 10.7 Å². The topological polar surface area (TPSA) is 45.7 Å². The quantitative estimate of drug-likeness (QED) is 0.489. The van der Waals surface area contributed by atoms with Gasteiger partial charge in [0, 0.05) is 6.54 Å². The number of hydrazone groups is 1. The standard InChI is InChI=1S/C17H19N3OS/c1-2-18-17(22)20-19-12-15-9-6-10-16(11-15)21-13-14-7-4-3-5-8-14/h3-12H,2,13H2,1H3,(H2,18,20,22)/b19-12+. The van der Waals surface area contributed by atoms with Crippen molar-refractivity contribution < 1.29 is 4.74 Å². The molecule has 0 fully saturated rings. The number of ether oxygens (including phenoxy) is 1. The van der Waals surface area contributed by atoms with Crippen LogP contribution in [0, 0.1) is 0 Å². The molecule has 0 amide bonds. The van der Waals surface area contributed by atoms with E-state index < -0.39 is 0 Å². The van der Waals surface area contributed by atoms with E-state index in [9.17, 15) is 0 Å². The number of hydrogen-bond donors (Lipinski definition) is 2. The Morgan fingerprint density at radius 2 is 2.00 bits per heavy atom. The van der Waals surface area contributed by atoms with Crippen LogP contribution >= 0.6 is 12.2 Å². The number of benzene rings is 2. The van der Waals surface area contributed by atoms with Crippen LogP contribution in [0.5, 0.6) is 5.75 Å². The molecular formula is C17H19N3OS. The van der Waals surface area contributed by atoms with Crippen LogP contribution < -0.4 is 15.5 Å². The summed E-state index contributed by atoms with van der Waals surface area (Å²) in [6.07, 6.45) is 1.71. The second kappa shape index (κ2) is 8.79. The Balaban J connectivity index is 1.89. The van der Waals surface area contributed by atoms with E-state index in [2.05, 4.69) is 15.8 Å². The average Bonchev–Trinajstić information content (AvgIpc) is 2.55. The predicted molar refractivity (Wildman–Crippen MR) is 94.2 cm³/mol. The molecular weight excluding hydrogens is 294 g/mol. The van der Waals surface area contributed by atoms with Crippen molar-refractivity contribution in [2.75, 3.05) is 6.54 Å². The van der Waals surface area contributed by atoms with Gasteiger partial charge in [-0.2, -0.15) is 5.10 Å². The van der Waals surface area contributed by atoms with Crippen LogP contribution in [-0.2, 0) is 6.61 Å². The highest BCUT2D eigenvalue weighted by Gasteiger charge is 1.97. The van der Waals surface area contributed by atoms with E-state index in [0.29, 0.717) is 11.7 Å². The van der Waals surface area contributed by atoms with Gasteiger partial charge in [0.1, 0.15) is 12.4 Å². The first-order chi connectivity index (χ1) is 10.8. The lowest BCUT2D eigenvalue weighted by molar-refractivity contribution is 0.306. The summed E-state index contributed by atoms with van der Waals surface area (Å²) in [6.45, 7) is 3.29. The van der Waals surface area contributed by atoms with Gasteiger partial charge in [-0.1, -0.05) is 42.5 Å². The number of rotatable bonds is 6. The average molecular weight is 313 g/mol. The fourth-order valence-corrected chi connectivity index (χ4v) is 1.99. The molecule has 0 saturated heterocycles. The minimum absolute atomic E-state index is 0.509. The summed E-state index contributed by atoms with van der Waals surface area (Å²) >= 11 is 5.03. The van der Waals surface area contributed by atoms with Crippen LogP contribution in [-0.4, -0.2) is 17.9 Å². The summed E-state index contributed by atoms with van der Waals surface area (Å²) in [7, 11) is 0. The number of nitrogens with zero attached hydrogens (tertiary/aromatic N) is 1. The second-order valence-corrected chi connectivity index (χ2v) is 4.98. The van der Waals surface area contributed by atoms with Gasteiger partial charge in [0.05, 0.1) is 6.21 Å². The zero-order valence-corrected chi connectivity index (χ0v) is 13.3. The molecule has 2 aromatic carbocycles. The Morgan fingerprint density at radius 1 is 1.18 bits per heavy atom. The van der Waals surface area contributed by atoms with Crippen molar-refractivity contribution >= 4 is 23.5 Å². The molecule has 22 heavy (non-hydrogen) atoms. The van der Waals surface area contributed by atoms with Crippen LogP contribution in [0.15, 0.2) is 59.7 Å². The zero-order valence-electron chi connectivity index (χ0n) is 12.5. The van der Waals surface area contributed by atoms with Crippen LogP contribution in [0.1, 0.15) is 18.1 Å². The maximum atomic E-state index is 5.78. The highest BCUT2D eigenvalue weighted by molar-refractivity contribution is 7.80. The fraction of sp³-hybridized carbons (Fsp3) is 0.176. The van der Waals surface area contributed by atoms with Crippen molar-refractivity contribution in [2.45, 2.75) is 13.5 Å². The molecule has 4 nitrogen and oxygen atoms in total. The van der Waals surface area contributed by atoms with Gasteiger partial charge in [-0.3, -0.25) is 5.43 Å². The van der Waals surface area contributed by atoms with Crippen LogP contribution in [0.25, 0.3) is 0 Å². The first-order valence-electron chi connectivity index (χ1n) is 7.11. The van der Waals surface area contributed by atoms with Crippen molar-refractivity contribution in [3.8, 4) is 5.75 Å². The van der Waals surface area contributed by atoms with E-state index in [1.54, 1.807) is 6.21 Å². The lowest BCUT2D eigenvalue weighted by atomic mass is 10.2. The van der Waals surface area contributed by atoms with Gasteiger partial charge in [0.25, 0.3) is 0 Å². The zero-order chi connectivity index (χ0) is 15.6. The van der Waals surface area contributed by atoms with Crippen LogP contribution in [0.4, 0.5) is 0 Å². The minimum atomic E-state index is 0.509. The Hall–Kier alpha value is -2.40. The summed E-state index contributed by atoms with van der Waals surface area (Å²) in [5.74, 6) is 0.807. The minimum Gasteiger partial charge on any atom is -0.489 e. The van der Waals surface area contributed by atoms with E-state index in [4.69, 9.17) is 17.0 Å². The van der Waals surface area contributed by atoms with Gasteiger partial charge >= 0.3 is 0 Å². The number of hydrogen-bond acceptors (Lipinski definition) is 3. The Bertz CT molecular complexity index is 629. The van der Waals surface area contributed by atoms with Gasteiger partial charge in [0.15, 0.2) is 5.11 Å². The molecule has 0 heterocycles. The molecule has 0 aliphatic heterocycles. The highest BCUT2D eigenvalue weighted by atomic mass is 32.1. The SMILES string of the molecule is CCNC(=S)N/N=C/c1cccc(OCc2ccccc2)c1. The Morgan fingerprint density at radius 3 is 2.77 bits per heavy atom. The van der Waals surface area contributed by atoms with Gasteiger partial charge in [-0.25, -0.2) is 0 Å². The summed E-state index contributed by atoms with van der Waals surface area (Å²) in [4.78, 5) is 0. The summed E-state index contributed by atoms with van der Waals surface area (Å²) in [5.41, 5.74) is 4.84. The third-order valence-corrected chi connectivity index (χ3v) is 3.06. The van der Waals surface area contributed by atoms with E-state index in [-0.39, 0.29) is 0 Å². The summed E-state index contributed by atoms with van der Waals surface area (Å²) in [5, 5.41) is 7.56. The lowest BCUT2D eigenvalue weighted by Gasteiger charge is -2.07. The van der Waals surface area contributed by atoms with Crippen molar-refractivity contribution in [3.63, 3.8) is 0 Å². The summed E-state index contributed by atoms with van der Waals surface area (Å²) < 4.78 is 5.78. The maximum absolute atomic E-state index is 5.78. The smallest absolute Gasteiger partial charge is 0.186 e. The number of thiocarbonyl (C=S) groups is 1. The van der Waals surface area contributed by atoms with Crippen molar-refractivity contribution in [1.29, 1.82) is 0 Å². The van der Waals surface area contributed by atoms with E-state index in [1.165, 1.54) is 0 Å². The third-order valence-electron chi connectivity index (χ3n) is 2.82. The predicted octanol–water partition coefficient (Wildman–Crippen LogP) is 3.08. The molecule has 2 N–H and O–H groups in total. The molecule has 0 saturated carbocycles. The Kier molecular flexibility index (Phi) is 6.39. The molecule has 0 unspecified atom stereocenters. The molecule has 5 heteroatoms.